The number of nitrogens with one attached hydrogen (secondary N) is 1. The van der Waals surface area contributed by atoms with Crippen molar-refractivity contribution >= 4 is 15.9 Å². The Morgan fingerprint density at radius 1 is 1.36 bits per heavy atom. The zero-order chi connectivity index (χ0) is 10.2. The van der Waals surface area contributed by atoms with Crippen molar-refractivity contribution in [3.63, 3.8) is 0 Å². The van der Waals surface area contributed by atoms with Crippen LogP contribution in [0.1, 0.15) is 25.3 Å². The second-order valence-corrected chi connectivity index (χ2v) is 4.24. The molecule has 0 aromatic carbocycles. The lowest BCUT2D eigenvalue weighted by Crippen LogP contribution is -2.13. The fraction of sp³-hybridized carbons (Fsp3) is 0.545. The molecule has 0 aliphatic heterocycles. The molecule has 1 heterocycles. The van der Waals surface area contributed by atoms with Gasteiger partial charge in [-0.2, -0.15) is 0 Å². The van der Waals surface area contributed by atoms with Gasteiger partial charge in [-0.05, 0) is 59.9 Å². The van der Waals surface area contributed by atoms with Crippen molar-refractivity contribution in [2.24, 2.45) is 0 Å². The fourth-order valence-corrected chi connectivity index (χ4v) is 1.76. The minimum Gasteiger partial charge on any atom is -0.317 e. The van der Waals surface area contributed by atoms with Gasteiger partial charge in [0.15, 0.2) is 0 Å². The third-order valence-corrected chi connectivity index (χ3v) is 2.51. The molecule has 1 rings (SSSR count). The number of hydrogen-bond acceptors (Lipinski definition) is 2. The zero-order valence-corrected chi connectivity index (χ0v) is 10.2. The number of nitrogens with zero attached hydrogens (tertiary/aromatic N) is 1. The van der Waals surface area contributed by atoms with E-state index in [1.165, 1.54) is 18.4 Å². The first-order chi connectivity index (χ1) is 6.83. The fourth-order valence-electron chi connectivity index (χ4n) is 1.35. The predicted molar refractivity (Wildman–Crippen MR) is 63.4 cm³/mol. The van der Waals surface area contributed by atoms with Crippen LogP contribution in [0, 0.1) is 0 Å². The van der Waals surface area contributed by atoms with Gasteiger partial charge >= 0.3 is 0 Å². The summed E-state index contributed by atoms with van der Waals surface area (Å²) in [4.78, 5) is 4.14. The molecule has 0 saturated carbocycles. The van der Waals surface area contributed by atoms with Gasteiger partial charge in [-0.25, -0.2) is 0 Å². The van der Waals surface area contributed by atoms with E-state index in [2.05, 4.69) is 39.2 Å². The predicted octanol–water partition coefficient (Wildman–Crippen LogP) is 2.78. The lowest BCUT2D eigenvalue weighted by atomic mass is 10.1. The Morgan fingerprint density at radius 2 is 2.21 bits per heavy atom. The number of aryl methyl sites for hydroxylation is 1. The molecule has 0 unspecified atom stereocenters. The van der Waals surface area contributed by atoms with Gasteiger partial charge in [0.2, 0.25) is 0 Å². The maximum atomic E-state index is 4.14. The molecule has 1 aromatic heterocycles. The molecule has 78 valence electrons. The zero-order valence-electron chi connectivity index (χ0n) is 8.59. The Labute approximate surface area is 94.3 Å². The van der Waals surface area contributed by atoms with Crippen LogP contribution in [0.15, 0.2) is 22.9 Å². The van der Waals surface area contributed by atoms with Gasteiger partial charge < -0.3 is 5.32 Å². The smallest absolute Gasteiger partial charge is 0.0410 e. The van der Waals surface area contributed by atoms with E-state index in [-0.39, 0.29) is 0 Å². The Hall–Kier alpha value is -0.410. The summed E-state index contributed by atoms with van der Waals surface area (Å²) in [6.07, 6.45) is 7.35. The summed E-state index contributed by atoms with van der Waals surface area (Å²) < 4.78 is 1.07. The van der Waals surface area contributed by atoms with Crippen LogP contribution in [0.4, 0.5) is 0 Å². The molecule has 0 atom stereocenters. The van der Waals surface area contributed by atoms with Gasteiger partial charge in [0.25, 0.3) is 0 Å². The van der Waals surface area contributed by atoms with Crippen molar-refractivity contribution in [2.45, 2.75) is 26.2 Å². The lowest BCUT2D eigenvalue weighted by Gasteiger charge is -2.02. The quantitative estimate of drug-likeness (QED) is 0.792. The number of unbranched alkanes of at least 4 members (excludes halogenated alkanes) is 1. The Morgan fingerprint density at radius 3 is 2.93 bits per heavy atom. The van der Waals surface area contributed by atoms with Crippen LogP contribution < -0.4 is 5.32 Å². The summed E-state index contributed by atoms with van der Waals surface area (Å²) >= 11 is 3.42. The standard InChI is InChI=1S/C11H17BrN2/c1-2-13-6-4-3-5-10-7-11(12)9-14-8-10/h7-9,13H,2-6H2,1H3. The summed E-state index contributed by atoms with van der Waals surface area (Å²) in [7, 11) is 0. The van der Waals surface area contributed by atoms with Gasteiger partial charge in [0, 0.05) is 16.9 Å². The minimum absolute atomic E-state index is 1.07. The molecule has 0 saturated heterocycles. The highest BCUT2D eigenvalue weighted by Crippen LogP contribution is 2.11. The highest BCUT2D eigenvalue weighted by Gasteiger charge is 1.94. The Kier molecular flexibility index (Phi) is 5.80. The summed E-state index contributed by atoms with van der Waals surface area (Å²) in [5.41, 5.74) is 1.32. The van der Waals surface area contributed by atoms with E-state index >= 15 is 0 Å². The molecular weight excluding hydrogens is 240 g/mol. The van der Waals surface area contributed by atoms with Gasteiger partial charge in [-0.1, -0.05) is 6.92 Å². The van der Waals surface area contributed by atoms with E-state index in [9.17, 15) is 0 Å². The number of pyridine rings is 1. The largest absolute Gasteiger partial charge is 0.317 e. The van der Waals surface area contributed by atoms with Crippen LogP contribution >= 0.6 is 15.9 Å². The number of halogens is 1. The maximum Gasteiger partial charge on any atom is 0.0410 e. The third kappa shape index (κ3) is 4.72. The molecule has 2 nitrogen and oxygen atoms in total. The Bertz CT molecular complexity index is 263. The molecule has 0 aliphatic rings. The first-order valence-corrected chi connectivity index (χ1v) is 5.92. The minimum atomic E-state index is 1.07. The highest BCUT2D eigenvalue weighted by molar-refractivity contribution is 9.10. The maximum absolute atomic E-state index is 4.14. The molecular formula is C11H17BrN2. The first kappa shape index (κ1) is 11.7. The summed E-state index contributed by atoms with van der Waals surface area (Å²) in [6, 6.07) is 2.14. The third-order valence-electron chi connectivity index (χ3n) is 2.08. The van der Waals surface area contributed by atoms with Gasteiger partial charge in [-0.3, -0.25) is 4.98 Å². The highest BCUT2D eigenvalue weighted by atomic mass is 79.9. The second kappa shape index (κ2) is 6.96. The van der Waals surface area contributed by atoms with Crippen molar-refractivity contribution in [3.8, 4) is 0 Å². The van der Waals surface area contributed by atoms with Gasteiger partial charge in [-0.15, -0.1) is 0 Å². The van der Waals surface area contributed by atoms with E-state index < -0.39 is 0 Å². The SMILES string of the molecule is CCNCCCCc1cncc(Br)c1. The van der Waals surface area contributed by atoms with Crippen LogP contribution in [-0.4, -0.2) is 18.1 Å². The second-order valence-electron chi connectivity index (χ2n) is 3.32. The average molecular weight is 257 g/mol. The lowest BCUT2D eigenvalue weighted by molar-refractivity contribution is 0.640. The average Bonchev–Trinajstić information content (AvgIpc) is 2.18. The van der Waals surface area contributed by atoms with E-state index in [1.807, 2.05) is 12.4 Å². The molecule has 0 radical (unpaired) electrons. The van der Waals surface area contributed by atoms with Crippen LogP contribution in [0.3, 0.4) is 0 Å². The number of rotatable bonds is 6. The molecule has 0 aliphatic carbocycles. The van der Waals surface area contributed by atoms with Crippen molar-refractivity contribution < 1.29 is 0 Å². The summed E-state index contributed by atoms with van der Waals surface area (Å²) in [6.45, 7) is 4.33. The van der Waals surface area contributed by atoms with Crippen LogP contribution in [0.25, 0.3) is 0 Å². The molecule has 0 spiro atoms. The van der Waals surface area contributed by atoms with Gasteiger partial charge in [0.1, 0.15) is 0 Å². The molecule has 0 bridgehead atoms. The number of aromatic nitrogens is 1. The number of hydrogen-bond donors (Lipinski definition) is 1. The van der Waals surface area contributed by atoms with E-state index in [1.54, 1.807) is 0 Å². The molecule has 0 fully saturated rings. The molecule has 3 heteroatoms. The van der Waals surface area contributed by atoms with E-state index in [0.717, 1.165) is 24.0 Å². The summed E-state index contributed by atoms with van der Waals surface area (Å²) in [5, 5.41) is 3.32. The van der Waals surface area contributed by atoms with Crippen molar-refractivity contribution in [1.82, 2.24) is 10.3 Å². The van der Waals surface area contributed by atoms with Crippen molar-refractivity contribution in [1.29, 1.82) is 0 Å². The van der Waals surface area contributed by atoms with Crippen LogP contribution in [0.5, 0.6) is 0 Å². The van der Waals surface area contributed by atoms with Crippen LogP contribution in [-0.2, 0) is 6.42 Å². The van der Waals surface area contributed by atoms with Crippen molar-refractivity contribution in [3.05, 3.63) is 28.5 Å². The molecule has 14 heavy (non-hydrogen) atoms. The topological polar surface area (TPSA) is 24.9 Å². The van der Waals surface area contributed by atoms with Crippen molar-refractivity contribution in [2.75, 3.05) is 13.1 Å². The molecule has 1 aromatic rings. The molecule has 0 amide bonds. The summed E-state index contributed by atoms with van der Waals surface area (Å²) in [5.74, 6) is 0. The van der Waals surface area contributed by atoms with E-state index in [0.29, 0.717) is 0 Å². The monoisotopic (exact) mass is 256 g/mol. The molecule has 1 N–H and O–H groups in total. The normalized spacial score (nSPS) is 10.4. The van der Waals surface area contributed by atoms with Crippen LogP contribution in [0.2, 0.25) is 0 Å². The Balaban J connectivity index is 2.18. The van der Waals surface area contributed by atoms with E-state index in [4.69, 9.17) is 0 Å². The van der Waals surface area contributed by atoms with Gasteiger partial charge in [0.05, 0.1) is 0 Å². The first-order valence-electron chi connectivity index (χ1n) is 5.13.